The van der Waals surface area contributed by atoms with Crippen LogP contribution in [0.4, 0.5) is 5.82 Å². The molecule has 0 aromatic carbocycles. The molecule has 2 amide bonds. The molecule has 0 unspecified atom stereocenters. The van der Waals surface area contributed by atoms with Crippen molar-refractivity contribution in [2.45, 2.75) is 26.8 Å². The molecule has 0 aliphatic rings. The summed E-state index contributed by atoms with van der Waals surface area (Å²) in [6.45, 7) is 6.35. The lowest BCUT2D eigenvalue weighted by Crippen LogP contribution is -2.40. The summed E-state index contributed by atoms with van der Waals surface area (Å²) in [5, 5.41) is 8.25. The van der Waals surface area contributed by atoms with E-state index < -0.39 is 0 Å². The standard InChI is InChI=1S/C13H20N4O2/c1-4-14-11-7-5-6-10(17-11)13(19)15-8-12(18)16-9(2)3/h5-7,9H,4,8H2,1-3H3,(H,14,17)(H,15,19)(H,16,18). The highest BCUT2D eigenvalue weighted by Crippen LogP contribution is 2.04. The summed E-state index contributed by atoms with van der Waals surface area (Å²) in [6.07, 6.45) is 0. The van der Waals surface area contributed by atoms with Gasteiger partial charge in [0.15, 0.2) is 0 Å². The minimum Gasteiger partial charge on any atom is -0.370 e. The van der Waals surface area contributed by atoms with Gasteiger partial charge in [-0.3, -0.25) is 9.59 Å². The lowest BCUT2D eigenvalue weighted by atomic mass is 10.3. The number of nitrogens with one attached hydrogen (secondary N) is 3. The topological polar surface area (TPSA) is 83.1 Å². The van der Waals surface area contributed by atoms with Gasteiger partial charge in [0, 0.05) is 12.6 Å². The summed E-state index contributed by atoms with van der Waals surface area (Å²) in [5.74, 6) is 0.0617. The van der Waals surface area contributed by atoms with E-state index in [1.165, 1.54) is 0 Å². The molecule has 0 aliphatic heterocycles. The second kappa shape index (κ2) is 7.35. The minimum absolute atomic E-state index is 0.0515. The van der Waals surface area contributed by atoms with Crippen LogP contribution in [0.25, 0.3) is 0 Å². The van der Waals surface area contributed by atoms with Gasteiger partial charge in [-0.05, 0) is 32.9 Å². The number of aromatic nitrogens is 1. The molecule has 1 rings (SSSR count). The van der Waals surface area contributed by atoms with Crippen LogP contribution in [0.5, 0.6) is 0 Å². The van der Waals surface area contributed by atoms with Crippen LogP contribution in [0.2, 0.25) is 0 Å². The SMILES string of the molecule is CCNc1cccc(C(=O)NCC(=O)NC(C)C)n1. The Morgan fingerprint density at radius 1 is 1.32 bits per heavy atom. The molecule has 1 heterocycles. The van der Waals surface area contributed by atoms with E-state index in [4.69, 9.17) is 0 Å². The van der Waals surface area contributed by atoms with Gasteiger partial charge < -0.3 is 16.0 Å². The maximum atomic E-state index is 11.8. The molecule has 104 valence electrons. The Morgan fingerprint density at radius 2 is 2.05 bits per heavy atom. The van der Waals surface area contributed by atoms with Crippen LogP contribution in [0, 0.1) is 0 Å². The third-order valence-electron chi connectivity index (χ3n) is 2.20. The highest BCUT2D eigenvalue weighted by molar-refractivity contribution is 5.95. The summed E-state index contributed by atoms with van der Waals surface area (Å²) in [6, 6.07) is 5.19. The lowest BCUT2D eigenvalue weighted by Gasteiger charge is -2.09. The third-order valence-corrected chi connectivity index (χ3v) is 2.20. The fourth-order valence-electron chi connectivity index (χ4n) is 1.46. The summed E-state index contributed by atoms with van der Waals surface area (Å²) < 4.78 is 0. The smallest absolute Gasteiger partial charge is 0.270 e. The molecule has 0 radical (unpaired) electrons. The molecule has 0 saturated heterocycles. The minimum atomic E-state index is -0.362. The van der Waals surface area contributed by atoms with Gasteiger partial charge in [0.2, 0.25) is 5.91 Å². The van der Waals surface area contributed by atoms with Gasteiger partial charge in [-0.1, -0.05) is 6.07 Å². The second-order valence-electron chi connectivity index (χ2n) is 4.34. The Hall–Kier alpha value is -2.11. The van der Waals surface area contributed by atoms with Crippen molar-refractivity contribution in [1.82, 2.24) is 15.6 Å². The van der Waals surface area contributed by atoms with Crippen molar-refractivity contribution in [1.29, 1.82) is 0 Å². The zero-order chi connectivity index (χ0) is 14.3. The molecule has 6 heteroatoms. The van der Waals surface area contributed by atoms with E-state index in [2.05, 4.69) is 20.9 Å². The van der Waals surface area contributed by atoms with Crippen molar-refractivity contribution >= 4 is 17.6 Å². The molecule has 1 aromatic heterocycles. The number of pyridine rings is 1. The van der Waals surface area contributed by atoms with E-state index in [0.29, 0.717) is 5.82 Å². The molecule has 0 bridgehead atoms. The molecule has 19 heavy (non-hydrogen) atoms. The molecule has 0 saturated carbocycles. The maximum absolute atomic E-state index is 11.8. The number of carbonyl (C=O) groups is 2. The van der Waals surface area contributed by atoms with Crippen molar-refractivity contribution in [3.8, 4) is 0 Å². The Kier molecular flexibility index (Phi) is 5.78. The van der Waals surface area contributed by atoms with Gasteiger partial charge in [-0.25, -0.2) is 4.98 Å². The molecule has 3 N–H and O–H groups in total. The van der Waals surface area contributed by atoms with Gasteiger partial charge in [0.25, 0.3) is 5.91 Å². The van der Waals surface area contributed by atoms with Gasteiger partial charge in [0.1, 0.15) is 11.5 Å². The van der Waals surface area contributed by atoms with E-state index in [1.54, 1.807) is 18.2 Å². The van der Waals surface area contributed by atoms with Gasteiger partial charge in [-0.15, -0.1) is 0 Å². The van der Waals surface area contributed by atoms with E-state index in [0.717, 1.165) is 6.54 Å². The number of nitrogens with zero attached hydrogens (tertiary/aromatic N) is 1. The normalized spacial score (nSPS) is 10.1. The summed E-state index contributed by atoms with van der Waals surface area (Å²) in [7, 11) is 0. The predicted molar refractivity (Wildman–Crippen MR) is 74.0 cm³/mol. The largest absolute Gasteiger partial charge is 0.370 e. The van der Waals surface area contributed by atoms with Crippen molar-refractivity contribution < 1.29 is 9.59 Å². The number of anilines is 1. The highest BCUT2D eigenvalue weighted by atomic mass is 16.2. The molecule has 0 aliphatic carbocycles. The zero-order valence-corrected chi connectivity index (χ0v) is 11.5. The molecular weight excluding hydrogens is 244 g/mol. The lowest BCUT2D eigenvalue weighted by molar-refractivity contribution is -0.120. The summed E-state index contributed by atoms with van der Waals surface area (Å²) >= 11 is 0. The third kappa shape index (κ3) is 5.37. The number of carbonyl (C=O) groups excluding carboxylic acids is 2. The van der Waals surface area contributed by atoms with Crippen LogP contribution < -0.4 is 16.0 Å². The highest BCUT2D eigenvalue weighted by Gasteiger charge is 2.10. The predicted octanol–water partition coefficient (Wildman–Crippen LogP) is 0.768. The van der Waals surface area contributed by atoms with E-state index >= 15 is 0 Å². The molecule has 0 atom stereocenters. The Balaban J connectivity index is 2.53. The van der Waals surface area contributed by atoms with Crippen LogP contribution in [0.15, 0.2) is 18.2 Å². The zero-order valence-electron chi connectivity index (χ0n) is 11.5. The summed E-state index contributed by atoms with van der Waals surface area (Å²) in [4.78, 5) is 27.4. The van der Waals surface area contributed by atoms with Crippen LogP contribution in [0.1, 0.15) is 31.3 Å². The van der Waals surface area contributed by atoms with Crippen LogP contribution in [-0.2, 0) is 4.79 Å². The number of rotatable bonds is 6. The Bertz CT molecular complexity index is 446. The van der Waals surface area contributed by atoms with Crippen LogP contribution >= 0.6 is 0 Å². The summed E-state index contributed by atoms with van der Waals surface area (Å²) in [5.41, 5.74) is 0.288. The van der Waals surface area contributed by atoms with Crippen LogP contribution in [0.3, 0.4) is 0 Å². The molecule has 0 fully saturated rings. The van der Waals surface area contributed by atoms with Crippen molar-refractivity contribution in [3.05, 3.63) is 23.9 Å². The van der Waals surface area contributed by atoms with E-state index in [9.17, 15) is 9.59 Å². The first-order valence-corrected chi connectivity index (χ1v) is 6.31. The van der Waals surface area contributed by atoms with E-state index in [-0.39, 0.29) is 30.1 Å². The van der Waals surface area contributed by atoms with Gasteiger partial charge in [0.05, 0.1) is 6.54 Å². The molecule has 6 nitrogen and oxygen atoms in total. The first kappa shape index (κ1) is 14.9. The average molecular weight is 264 g/mol. The van der Waals surface area contributed by atoms with Crippen LogP contribution in [-0.4, -0.2) is 35.9 Å². The fraction of sp³-hybridized carbons (Fsp3) is 0.462. The quantitative estimate of drug-likeness (QED) is 0.708. The van der Waals surface area contributed by atoms with Crippen molar-refractivity contribution in [3.63, 3.8) is 0 Å². The molecule has 0 spiro atoms. The first-order valence-electron chi connectivity index (χ1n) is 6.31. The first-order chi connectivity index (χ1) is 9.02. The van der Waals surface area contributed by atoms with E-state index in [1.807, 2.05) is 20.8 Å². The monoisotopic (exact) mass is 264 g/mol. The molecular formula is C13H20N4O2. The van der Waals surface area contributed by atoms with Crippen molar-refractivity contribution in [2.24, 2.45) is 0 Å². The average Bonchev–Trinajstić information content (AvgIpc) is 2.36. The van der Waals surface area contributed by atoms with Gasteiger partial charge >= 0.3 is 0 Å². The number of amides is 2. The Labute approximate surface area is 113 Å². The fourth-order valence-corrected chi connectivity index (χ4v) is 1.46. The Morgan fingerprint density at radius 3 is 2.68 bits per heavy atom. The molecule has 1 aromatic rings. The van der Waals surface area contributed by atoms with Crippen molar-refractivity contribution in [2.75, 3.05) is 18.4 Å². The number of hydrogen-bond acceptors (Lipinski definition) is 4. The maximum Gasteiger partial charge on any atom is 0.270 e. The number of hydrogen-bond donors (Lipinski definition) is 3. The van der Waals surface area contributed by atoms with Gasteiger partial charge in [-0.2, -0.15) is 0 Å². The second-order valence-corrected chi connectivity index (χ2v) is 4.34.